The van der Waals surface area contributed by atoms with Gasteiger partial charge < -0.3 is 14.8 Å². The van der Waals surface area contributed by atoms with Gasteiger partial charge in [0, 0.05) is 16.7 Å². The zero-order chi connectivity index (χ0) is 11.2. The smallest absolute Gasteiger partial charge is 0.0933 e. The summed E-state index contributed by atoms with van der Waals surface area (Å²) in [6, 6.07) is 8.54. The van der Waals surface area contributed by atoms with Crippen molar-refractivity contribution in [3.05, 3.63) is 33.4 Å². The fraction of sp³-hybridized carbons (Fsp3) is 0.500. The minimum absolute atomic E-state index is 0.206. The zero-order valence-corrected chi connectivity index (χ0v) is 11.3. The van der Waals surface area contributed by atoms with Crippen LogP contribution >= 0.6 is 22.6 Å². The number of rotatable bonds is 4. The highest BCUT2D eigenvalue weighted by Gasteiger charge is 2.13. The predicted molar refractivity (Wildman–Crippen MR) is 71.4 cm³/mol. The SMILES string of the molecule is Ic1ccc(CNCC2COCCO2)cc1. The number of nitrogens with one attached hydrogen (secondary N) is 1. The van der Waals surface area contributed by atoms with Crippen molar-refractivity contribution in [2.45, 2.75) is 12.6 Å². The highest BCUT2D eigenvalue weighted by atomic mass is 127. The van der Waals surface area contributed by atoms with Gasteiger partial charge in [0.15, 0.2) is 0 Å². The third kappa shape index (κ3) is 4.01. The molecule has 1 aliphatic rings. The van der Waals surface area contributed by atoms with Crippen molar-refractivity contribution in [1.29, 1.82) is 0 Å². The molecule has 1 unspecified atom stereocenters. The summed E-state index contributed by atoms with van der Waals surface area (Å²) >= 11 is 2.31. The minimum Gasteiger partial charge on any atom is -0.376 e. The van der Waals surface area contributed by atoms with E-state index in [0.29, 0.717) is 6.61 Å². The van der Waals surface area contributed by atoms with Crippen molar-refractivity contribution >= 4 is 22.6 Å². The Labute approximate surface area is 110 Å². The van der Waals surface area contributed by atoms with Crippen LogP contribution in [-0.2, 0) is 16.0 Å². The van der Waals surface area contributed by atoms with Gasteiger partial charge >= 0.3 is 0 Å². The lowest BCUT2D eigenvalue weighted by atomic mass is 10.2. The number of benzene rings is 1. The Balaban J connectivity index is 1.69. The molecule has 1 heterocycles. The molecule has 16 heavy (non-hydrogen) atoms. The Hall–Kier alpha value is -0.170. The van der Waals surface area contributed by atoms with Gasteiger partial charge in [0.25, 0.3) is 0 Å². The second-order valence-electron chi connectivity index (χ2n) is 3.83. The molecule has 4 heteroatoms. The molecule has 0 spiro atoms. The van der Waals surface area contributed by atoms with Crippen LogP contribution < -0.4 is 5.32 Å². The normalized spacial score (nSPS) is 20.9. The van der Waals surface area contributed by atoms with Gasteiger partial charge in [-0.05, 0) is 40.3 Å². The van der Waals surface area contributed by atoms with E-state index in [-0.39, 0.29) is 6.10 Å². The first-order valence-electron chi connectivity index (χ1n) is 5.49. The summed E-state index contributed by atoms with van der Waals surface area (Å²) in [4.78, 5) is 0. The summed E-state index contributed by atoms with van der Waals surface area (Å²) in [6.07, 6.45) is 0.206. The molecule has 1 fully saturated rings. The molecule has 1 atom stereocenters. The van der Waals surface area contributed by atoms with Crippen LogP contribution in [0, 0.1) is 3.57 Å². The molecule has 0 bridgehead atoms. The summed E-state index contributed by atoms with van der Waals surface area (Å²) in [5.74, 6) is 0. The van der Waals surface area contributed by atoms with E-state index in [2.05, 4.69) is 52.2 Å². The topological polar surface area (TPSA) is 30.5 Å². The quantitative estimate of drug-likeness (QED) is 0.853. The van der Waals surface area contributed by atoms with Gasteiger partial charge in [-0.3, -0.25) is 0 Å². The molecule has 1 N–H and O–H groups in total. The summed E-state index contributed by atoms with van der Waals surface area (Å²) in [5, 5.41) is 3.38. The first-order valence-corrected chi connectivity index (χ1v) is 6.57. The standard InChI is InChI=1S/C12H16INO2/c13-11-3-1-10(2-4-11)7-14-8-12-9-15-5-6-16-12/h1-4,12,14H,5-9H2. The Morgan fingerprint density at radius 2 is 2.06 bits per heavy atom. The minimum atomic E-state index is 0.206. The van der Waals surface area contributed by atoms with Crippen LogP contribution in [0.25, 0.3) is 0 Å². The van der Waals surface area contributed by atoms with Crippen molar-refractivity contribution in [3.63, 3.8) is 0 Å². The van der Waals surface area contributed by atoms with E-state index in [1.54, 1.807) is 0 Å². The molecule has 3 nitrogen and oxygen atoms in total. The van der Waals surface area contributed by atoms with Gasteiger partial charge in [-0.1, -0.05) is 12.1 Å². The average molecular weight is 333 g/mol. The van der Waals surface area contributed by atoms with E-state index < -0.39 is 0 Å². The predicted octanol–water partition coefficient (Wildman–Crippen LogP) is 1.80. The lowest BCUT2D eigenvalue weighted by Gasteiger charge is -2.23. The molecule has 0 aliphatic carbocycles. The van der Waals surface area contributed by atoms with E-state index in [9.17, 15) is 0 Å². The van der Waals surface area contributed by atoms with Gasteiger partial charge in [-0.15, -0.1) is 0 Å². The number of ether oxygens (including phenoxy) is 2. The maximum absolute atomic E-state index is 5.55. The molecule has 1 aromatic carbocycles. The van der Waals surface area contributed by atoms with Crippen LogP contribution in [0.1, 0.15) is 5.56 Å². The zero-order valence-electron chi connectivity index (χ0n) is 9.12. The fourth-order valence-electron chi connectivity index (χ4n) is 1.63. The van der Waals surface area contributed by atoms with Gasteiger partial charge in [0.2, 0.25) is 0 Å². The molecule has 88 valence electrons. The van der Waals surface area contributed by atoms with Gasteiger partial charge in [-0.2, -0.15) is 0 Å². The summed E-state index contributed by atoms with van der Waals surface area (Å²) in [5.41, 5.74) is 1.30. The second-order valence-corrected chi connectivity index (χ2v) is 5.07. The van der Waals surface area contributed by atoms with Gasteiger partial charge in [0.05, 0.1) is 25.9 Å². The fourth-order valence-corrected chi connectivity index (χ4v) is 1.99. The molecule has 0 amide bonds. The van der Waals surface area contributed by atoms with E-state index in [0.717, 1.165) is 26.3 Å². The molecule has 2 rings (SSSR count). The van der Waals surface area contributed by atoms with Gasteiger partial charge in [0.1, 0.15) is 0 Å². The van der Waals surface area contributed by atoms with Crippen LogP contribution in [0.2, 0.25) is 0 Å². The van der Waals surface area contributed by atoms with Crippen molar-refractivity contribution in [2.75, 3.05) is 26.4 Å². The maximum Gasteiger partial charge on any atom is 0.0933 e. The Kier molecular flexibility index (Phi) is 5.02. The lowest BCUT2D eigenvalue weighted by molar-refractivity contribution is -0.0864. The van der Waals surface area contributed by atoms with Crippen molar-refractivity contribution in [1.82, 2.24) is 5.32 Å². The molecular weight excluding hydrogens is 317 g/mol. The largest absolute Gasteiger partial charge is 0.376 e. The van der Waals surface area contributed by atoms with Crippen molar-refractivity contribution in [3.8, 4) is 0 Å². The number of halogens is 1. The van der Waals surface area contributed by atoms with Crippen LogP contribution in [0.4, 0.5) is 0 Å². The highest BCUT2D eigenvalue weighted by molar-refractivity contribution is 14.1. The molecule has 1 saturated heterocycles. The molecule has 0 saturated carbocycles. The van der Waals surface area contributed by atoms with Gasteiger partial charge in [-0.25, -0.2) is 0 Å². The van der Waals surface area contributed by atoms with Crippen molar-refractivity contribution in [2.24, 2.45) is 0 Å². The third-order valence-electron chi connectivity index (χ3n) is 2.50. The first kappa shape index (κ1) is 12.3. The number of hydrogen-bond donors (Lipinski definition) is 1. The average Bonchev–Trinajstić information content (AvgIpc) is 2.33. The second kappa shape index (κ2) is 6.54. The highest BCUT2D eigenvalue weighted by Crippen LogP contribution is 2.06. The Morgan fingerprint density at radius 3 is 2.75 bits per heavy atom. The van der Waals surface area contributed by atoms with E-state index in [4.69, 9.17) is 9.47 Å². The van der Waals surface area contributed by atoms with E-state index in [1.165, 1.54) is 9.13 Å². The summed E-state index contributed by atoms with van der Waals surface area (Å²) in [6.45, 7) is 3.89. The lowest BCUT2D eigenvalue weighted by Crippen LogP contribution is -2.37. The molecule has 0 aromatic heterocycles. The van der Waals surface area contributed by atoms with E-state index >= 15 is 0 Å². The Morgan fingerprint density at radius 1 is 1.25 bits per heavy atom. The van der Waals surface area contributed by atoms with Crippen LogP contribution in [-0.4, -0.2) is 32.5 Å². The summed E-state index contributed by atoms with van der Waals surface area (Å²) in [7, 11) is 0. The molecule has 1 aromatic rings. The monoisotopic (exact) mass is 333 g/mol. The summed E-state index contributed by atoms with van der Waals surface area (Å²) < 4.78 is 12.1. The maximum atomic E-state index is 5.55. The third-order valence-corrected chi connectivity index (χ3v) is 3.22. The van der Waals surface area contributed by atoms with Crippen molar-refractivity contribution < 1.29 is 9.47 Å². The van der Waals surface area contributed by atoms with E-state index in [1.807, 2.05) is 0 Å². The van der Waals surface area contributed by atoms with Crippen LogP contribution in [0.15, 0.2) is 24.3 Å². The van der Waals surface area contributed by atoms with Crippen LogP contribution in [0.5, 0.6) is 0 Å². The first-order chi connectivity index (χ1) is 7.84. The molecular formula is C12H16INO2. The van der Waals surface area contributed by atoms with Crippen LogP contribution in [0.3, 0.4) is 0 Å². The molecule has 1 aliphatic heterocycles. The number of hydrogen-bond acceptors (Lipinski definition) is 3. The molecule has 0 radical (unpaired) electrons. The Bertz CT molecular complexity index is 309.